The molecule has 0 radical (unpaired) electrons. The molecule has 1 aromatic heterocycles. The van der Waals surface area contributed by atoms with Gasteiger partial charge in [0.2, 0.25) is 0 Å². The molecule has 1 heterocycles. The minimum absolute atomic E-state index is 0.598. The smallest absolute Gasteiger partial charge is 0.148 e. The Morgan fingerprint density at radius 1 is 1.15 bits per heavy atom. The van der Waals surface area contributed by atoms with Gasteiger partial charge in [-0.2, -0.15) is 5.26 Å². The van der Waals surface area contributed by atoms with Crippen molar-refractivity contribution in [2.75, 3.05) is 5.32 Å². The zero-order valence-electron chi connectivity index (χ0n) is 11.0. The van der Waals surface area contributed by atoms with Crippen LogP contribution in [0.4, 0.5) is 11.5 Å². The van der Waals surface area contributed by atoms with E-state index in [9.17, 15) is 5.26 Å². The van der Waals surface area contributed by atoms with Crippen molar-refractivity contribution in [3.8, 4) is 6.07 Å². The number of benzene rings is 1. The predicted octanol–water partition coefficient (Wildman–Crippen LogP) is 4.23. The Morgan fingerprint density at radius 3 is 2.65 bits per heavy atom. The first kappa shape index (κ1) is 13.0. The molecular weight excluding hydrogens is 270 g/mol. The molecule has 0 spiro atoms. The van der Waals surface area contributed by atoms with E-state index in [1.165, 1.54) is 18.4 Å². The third-order valence-electron chi connectivity index (χ3n) is 3.53. The fourth-order valence-corrected chi connectivity index (χ4v) is 2.61. The van der Waals surface area contributed by atoms with Crippen molar-refractivity contribution in [3.63, 3.8) is 0 Å². The van der Waals surface area contributed by atoms with E-state index in [1.54, 1.807) is 0 Å². The number of nitrogens with zero attached hydrogens (tertiary/aromatic N) is 2. The predicted molar refractivity (Wildman–Crippen MR) is 80.3 cm³/mol. The monoisotopic (exact) mass is 283 g/mol. The molecule has 1 aromatic carbocycles. The maximum atomic E-state index is 9.29. The molecule has 3 nitrogen and oxygen atoms in total. The van der Waals surface area contributed by atoms with Gasteiger partial charge < -0.3 is 5.32 Å². The number of nitrogens with one attached hydrogen (secondary N) is 1. The molecule has 0 saturated heterocycles. The van der Waals surface area contributed by atoms with Gasteiger partial charge in [-0.05, 0) is 61.6 Å². The van der Waals surface area contributed by atoms with Crippen LogP contribution in [0.3, 0.4) is 0 Å². The quantitative estimate of drug-likeness (QED) is 0.897. The number of hydrogen-bond acceptors (Lipinski definition) is 3. The Morgan fingerprint density at radius 2 is 1.90 bits per heavy atom. The first-order chi connectivity index (χ1) is 9.76. The van der Waals surface area contributed by atoms with Crippen molar-refractivity contribution in [3.05, 3.63) is 52.2 Å². The minimum Gasteiger partial charge on any atom is -0.339 e. The Bertz CT molecular complexity index is 671. The minimum atomic E-state index is 0.598. The molecule has 0 aliphatic heterocycles. The van der Waals surface area contributed by atoms with Crippen molar-refractivity contribution in [1.82, 2.24) is 4.98 Å². The van der Waals surface area contributed by atoms with E-state index in [-0.39, 0.29) is 0 Å². The lowest BCUT2D eigenvalue weighted by atomic mass is 9.95. The number of aromatic nitrogens is 1. The highest BCUT2D eigenvalue weighted by Gasteiger charge is 2.15. The summed E-state index contributed by atoms with van der Waals surface area (Å²) in [6.07, 6.45) is 4.38. The second kappa shape index (κ2) is 5.52. The standard InChI is InChI=1S/C16H14ClN3/c17-13-5-7-14(8-6-13)19-16-12(10-18)9-11-3-1-2-4-15(11)20-16/h5-9H,1-4H2,(H,19,20). The largest absolute Gasteiger partial charge is 0.339 e. The van der Waals surface area contributed by atoms with Gasteiger partial charge in [-0.25, -0.2) is 4.98 Å². The SMILES string of the molecule is N#Cc1cc2c(nc1Nc1ccc(Cl)cc1)CCCC2. The van der Waals surface area contributed by atoms with Crippen LogP contribution in [-0.2, 0) is 12.8 Å². The van der Waals surface area contributed by atoms with Crippen molar-refractivity contribution in [1.29, 1.82) is 5.26 Å². The van der Waals surface area contributed by atoms with Crippen LogP contribution in [0.15, 0.2) is 30.3 Å². The summed E-state index contributed by atoms with van der Waals surface area (Å²) in [6.45, 7) is 0. The molecule has 0 amide bonds. The Kier molecular flexibility index (Phi) is 3.58. The number of anilines is 2. The van der Waals surface area contributed by atoms with Gasteiger partial charge in [-0.3, -0.25) is 0 Å². The summed E-state index contributed by atoms with van der Waals surface area (Å²) in [5, 5.41) is 13.2. The van der Waals surface area contributed by atoms with Crippen LogP contribution < -0.4 is 5.32 Å². The molecule has 1 aliphatic carbocycles. The van der Waals surface area contributed by atoms with E-state index >= 15 is 0 Å². The maximum Gasteiger partial charge on any atom is 0.148 e. The summed E-state index contributed by atoms with van der Waals surface area (Å²) >= 11 is 5.87. The summed E-state index contributed by atoms with van der Waals surface area (Å²) in [5.41, 5.74) is 3.82. The van der Waals surface area contributed by atoms with Crippen LogP contribution in [0.25, 0.3) is 0 Å². The third-order valence-corrected chi connectivity index (χ3v) is 3.78. The molecule has 0 saturated carbocycles. The van der Waals surface area contributed by atoms with Gasteiger partial charge in [-0.15, -0.1) is 0 Å². The van der Waals surface area contributed by atoms with Gasteiger partial charge in [0, 0.05) is 16.4 Å². The topological polar surface area (TPSA) is 48.7 Å². The average Bonchev–Trinajstić information content (AvgIpc) is 2.49. The van der Waals surface area contributed by atoms with Crippen LogP contribution >= 0.6 is 11.6 Å². The van der Waals surface area contributed by atoms with E-state index in [0.29, 0.717) is 16.4 Å². The van der Waals surface area contributed by atoms with E-state index in [0.717, 1.165) is 24.2 Å². The second-order valence-corrected chi connectivity index (χ2v) is 5.38. The number of hydrogen-bond donors (Lipinski definition) is 1. The molecule has 1 N–H and O–H groups in total. The van der Waals surface area contributed by atoms with Gasteiger partial charge in [-0.1, -0.05) is 11.6 Å². The number of pyridine rings is 1. The Hall–Kier alpha value is -2.05. The molecule has 0 fully saturated rings. The normalized spacial score (nSPS) is 13.4. The van der Waals surface area contributed by atoms with Gasteiger partial charge >= 0.3 is 0 Å². The summed E-state index contributed by atoms with van der Waals surface area (Å²) in [4.78, 5) is 4.64. The van der Waals surface area contributed by atoms with E-state index in [2.05, 4.69) is 16.4 Å². The van der Waals surface area contributed by atoms with Crippen molar-refractivity contribution in [2.45, 2.75) is 25.7 Å². The van der Waals surface area contributed by atoms with Gasteiger partial charge in [0.25, 0.3) is 0 Å². The van der Waals surface area contributed by atoms with Crippen LogP contribution in [0.2, 0.25) is 5.02 Å². The fraction of sp³-hybridized carbons (Fsp3) is 0.250. The summed E-state index contributed by atoms with van der Waals surface area (Å²) in [6, 6.07) is 11.6. The number of nitriles is 1. The van der Waals surface area contributed by atoms with E-state index < -0.39 is 0 Å². The van der Waals surface area contributed by atoms with Crippen molar-refractivity contribution >= 4 is 23.1 Å². The summed E-state index contributed by atoms with van der Waals surface area (Å²) in [5.74, 6) is 0.635. The van der Waals surface area contributed by atoms with E-state index in [1.807, 2.05) is 30.3 Å². The lowest BCUT2D eigenvalue weighted by Gasteiger charge is -2.17. The maximum absolute atomic E-state index is 9.29. The Balaban J connectivity index is 1.96. The van der Waals surface area contributed by atoms with Gasteiger partial charge in [0.1, 0.15) is 11.9 Å². The molecule has 1 aliphatic rings. The van der Waals surface area contributed by atoms with Crippen LogP contribution in [0.1, 0.15) is 29.7 Å². The first-order valence-electron chi connectivity index (χ1n) is 6.72. The number of halogens is 1. The molecule has 0 atom stereocenters. The van der Waals surface area contributed by atoms with Crippen LogP contribution in [0, 0.1) is 11.3 Å². The van der Waals surface area contributed by atoms with E-state index in [4.69, 9.17) is 11.6 Å². The lowest BCUT2D eigenvalue weighted by Crippen LogP contribution is -2.08. The summed E-state index contributed by atoms with van der Waals surface area (Å²) in [7, 11) is 0. The highest BCUT2D eigenvalue weighted by Crippen LogP contribution is 2.26. The van der Waals surface area contributed by atoms with Gasteiger partial charge in [0.05, 0.1) is 5.56 Å². The highest BCUT2D eigenvalue weighted by molar-refractivity contribution is 6.30. The zero-order chi connectivity index (χ0) is 13.9. The van der Waals surface area contributed by atoms with Gasteiger partial charge in [0.15, 0.2) is 0 Å². The molecule has 3 rings (SSSR count). The number of rotatable bonds is 2. The fourth-order valence-electron chi connectivity index (χ4n) is 2.48. The molecule has 0 bridgehead atoms. The summed E-state index contributed by atoms with van der Waals surface area (Å²) < 4.78 is 0. The molecule has 4 heteroatoms. The number of aryl methyl sites for hydroxylation is 2. The molecular formula is C16H14ClN3. The highest BCUT2D eigenvalue weighted by atomic mass is 35.5. The molecule has 2 aromatic rings. The zero-order valence-corrected chi connectivity index (χ0v) is 11.7. The molecule has 0 unspecified atom stereocenters. The van der Waals surface area contributed by atoms with Crippen molar-refractivity contribution < 1.29 is 0 Å². The lowest BCUT2D eigenvalue weighted by molar-refractivity contribution is 0.668. The van der Waals surface area contributed by atoms with Crippen LogP contribution in [-0.4, -0.2) is 4.98 Å². The average molecular weight is 284 g/mol. The Labute approximate surface area is 123 Å². The van der Waals surface area contributed by atoms with Crippen LogP contribution in [0.5, 0.6) is 0 Å². The molecule has 20 heavy (non-hydrogen) atoms. The van der Waals surface area contributed by atoms with Crippen molar-refractivity contribution in [2.24, 2.45) is 0 Å². The second-order valence-electron chi connectivity index (χ2n) is 4.94. The molecule has 100 valence electrons. The number of fused-ring (bicyclic) bond motifs is 1. The first-order valence-corrected chi connectivity index (χ1v) is 7.09. The third kappa shape index (κ3) is 2.61.